The van der Waals surface area contributed by atoms with Crippen LogP contribution in [-0.2, 0) is 9.59 Å². The maximum absolute atomic E-state index is 12.2. The van der Waals surface area contributed by atoms with Gasteiger partial charge < -0.3 is 14.6 Å². The van der Waals surface area contributed by atoms with E-state index in [2.05, 4.69) is 24.1 Å². The smallest absolute Gasteiger partial charge is 0.313 e. The van der Waals surface area contributed by atoms with E-state index in [1.807, 2.05) is 19.9 Å². The first-order valence-electron chi connectivity index (χ1n) is 8.39. The Morgan fingerprint density at radius 1 is 1.28 bits per heavy atom. The van der Waals surface area contributed by atoms with Gasteiger partial charge in [-0.25, -0.2) is 4.98 Å². The number of hydrogen-bond acceptors (Lipinski definition) is 4. The third-order valence-electron chi connectivity index (χ3n) is 3.98. The number of nitrogens with zero attached hydrogens (tertiary/aromatic N) is 2. The van der Waals surface area contributed by atoms with Gasteiger partial charge in [0.1, 0.15) is 5.76 Å². The molecule has 0 aliphatic rings. The van der Waals surface area contributed by atoms with Crippen molar-refractivity contribution in [3.63, 3.8) is 0 Å². The molecule has 25 heavy (non-hydrogen) atoms. The van der Waals surface area contributed by atoms with Crippen LogP contribution in [0.2, 0.25) is 0 Å². The number of nitrogens with one attached hydrogen (secondary N) is 1. The number of aromatic nitrogens is 1. The van der Waals surface area contributed by atoms with Crippen LogP contribution in [0, 0.1) is 19.8 Å². The monoisotopic (exact) mass is 343 g/mol. The summed E-state index contributed by atoms with van der Waals surface area (Å²) in [6.07, 6.45) is 0.855. The number of benzene rings is 1. The van der Waals surface area contributed by atoms with Crippen molar-refractivity contribution in [3.8, 4) is 11.5 Å². The standard InChI is InChI=1S/C19H25N3O3/c1-12(2)9-10-22(5)19(24)17(23)21-16-8-6-7-15(11-16)18-20-13(3)14(4)25-18/h6-8,11-12H,9-10H2,1-5H3,(H,21,23). The third kappa shape index (κ3) is 4.92. The van der Waals surface area contributed by atoms with E-state index in [1.54, 1.807) is 25.2 Å². The number of anilines is 1. The molecule has 1 heterocycles. The van der Waals surface area contributed by atoms with Gasteiger partial charge in [0.15, 0.2) is 0 Å². The minimum atomic E-state index is -0.650. The normalized spacial score (nSPS) is 10.8. The molecule has 0 radical (unpaired) electrons. The minimum absolute atomic E-state index is 0.475. The van der Waals surface area contributed by atoms with Crippen molar-refractivity contribution in [3.05, 3.63) is 35.7 Å². The molecule has 2 rings (SSSR count). The molecule has 6 heteroatoms. The topological polar surface area (TPSA) is 75.4 Å². The fourth-order valence-corrected chi connectivity index (χ4v) is 2.24. The summed E-state index contributed by atoms with van der Waals surface area (Å²) in [5.41, 5.74) is 2.10. The zero-order valence-corrected chi connectivity index (χ0v) is 15.4. The molecule has 2 amide bonds. The van der Waals surface area contributed by atoms with E-state index in [0.717, 1.165) is 23.4 Å². The number of likely N-dealkylation sites (N-methyl/N-ethyl adjacent to an activating group) is 1. The summed E-state index contributed by atoms with van der Waals surface area (Å²) in [5, 5.41) is 2.64. The minimum Gasteiger partial charge on any atom is -0.441 e. The molecule has 0 bridgehead atoms. The van der Waals surface area contributed by atoms with Gasteiger partial charge in [0, 0.05) is 24.8 Å². The lowest BCUT2D eigenvalue weighted by Gasteiger charge is -2.17. The molecule has 0 spiro atoms. The Balaban J connectivity index is 2.06. The Kier molecular flexibility index (Phi) is 5.96. The molecule has 1 N–H and O–H groups in total. The number of hydrogen-bond donors (Lipinski definition) is 1. The first-order chi connectivity index (χ1) is 11.8. The van der Waals surface area contributed by atoms with Crippen LogP contribution >= 0.6 is 0 Å². The van der Waals surface area contributed by atoms with Crippen LogP contribution in [0.15, 0.2) is 28.7 Å². The molecule has 0 saturated heterocycles. The largest absolute Gasteiger partial charge is 0.441 e. The van der Waals surface area contributed by atoms with Gasteiger partial charge in [-0.2, -0.15) is 0 Å². The Labute approximate surface area is 148 Å². The fourth-order valence-electron chi connectivity index (χ4n) is 2.24. The predicted molar refractivity (Wildman–Crippen MR) is 97.1 cm³/mol. The molecule has 0 aliphatic heterocycles. The van der Waals surface area contributed by atoms with Crippen molar-refractivity contribution in [1.29, 1.82) is 0 Å². The van der Waals surface area contributed by atoms with E-state index in [4.69, 9.17) is 4.42 Å². The van der Waals surface area contributed by atoms with Gasteiger partial charge in [-0.3, -0.25) is 9.59 Å². The first kappa shape index (κ1) is 18.7. The number of rotatable bonds is 5. The van der Waals surface area contributed by atoms with Gasteiger partial charge in [0.2, 0.25) is 5.89 Å². The highest BCUT2D eigenvalue weighted by Crippen LogP contribution is 2.24. The van der Waals surface area contributed by atoms with Gasteiger partial charge in [0.25, 0.3) is 0 Å². The molecular formula is C19H25N3O3. The van der Waals surface area contributed by atoms with Gasteiger partial charge in [0.05, 0.1) is 5.69 Å². The quantitative estimate of drug-likeness (QED) is 0.844. The SMILES string of the molecule is Cc1nc(-c2cccc(NC(=O)C(=O)N(C)CCC(C)C)c2)oc1C. The third-order valence-corrected chi connectivity index (χ3v) is 3.98. The summed E-state index contributed by atoms with van der Waals surface area (Å²) in [5.74, 6) is 0.526. The first-order valence-corrected chi connectivity index (χ1v) is 8.39. The van der Waals surface area contributed by atoms with Gasteiger partial charge >= 0.3 is 11.8 Å². The van der Waals surface area contributed by atoms with Crippen LogP contribution in [0.1, 0.15) is 31.7 Å². The molecule has 0 fully saturated rings. The summed E-state index contributed by atoms with van der Waals surface area (Å²) in [4.78, 5) is 30.1. The molecule has 0 atom stereocenters. The lowest BCUT2D eigenvalue weighted by molar-refractivity contribution is -0.142. The second-order valence-corrected chi connectivity index (χ2v) is 6.60. The van der Waals surface area contributed by atoms with Gasteiger partial charge in [-0.05, 0) is 44.4 Å². The summed E-state index contributed by atoms with van der Waals surface area (Å²) in [6, 6.07) is 7.10. The van der Waals surface area contributed by atoms with Crippen LogP contribution in [0.3, 0.4) is 0 Å². The number of oxazole rings is 1. The van der Waals surface area contributed by atoms with Crippen LogP contribution in [0.5, 0.6) is 0 Å². The number of amides is 2. The van der Waals surface area contributed by atoms with Gasteiger partial charge in [-0.15, -0.1) is 0 Å². The molecule has 2 aromatic rings. The molecule has 0 saturated carbocycles. The van der Waals surface area contributed by atoms with Crippen molar-refractivity contribution in [2.45, 2.75) is 34.1 Å². The molecule has 1 aromatic carbocycles. The maximum Gasteiger partial charge on any atom is 0.313 e. The van der Waals surface area contributed by atoms with Crippen LogP contribution in [0.25, 0.3) is 11.5 Å². The highest BCUT2D eigenvalue weighted by molar-refractivity contribution is 6.39. The highest BCUT2D eigenvalue weighted by Gasteiger charge is 2.19. The predicted octanol–water partition coefficient (Wildman–Crippen LogP) is 3.40. The second-order valence-electron chi connectivity index (χ2n) is 6.60. The summed E-state index contributed by atoms with van der Waals surface area (Å²) in [6.45, 7) is 8.44. The number of aryl methyl sites for hydroxylation is 2. The maximum atomic E-state index is 12.2. The summed E-state index contributed by atoms with van der Waals surface area (Å²) >= 11 is 0. The van der Waals surface area contributed by atoms with E-state index in [-0.39, 0.29) is 0 Å². The van der Waals surface area contributed by atoms with Crippen molar-refractivity contribution in [1.82, 2.24) is 9.88 Å². The van der Waals surface area contributed by atoms with Gasteiger partial charge in [-0.1, -0.05) is 19.9 Å². The molecule has 1 aromatic heterocycles. The molecule has 6 nitrogen and oxygen atoms in total. The van der Waals surface area contributed by atoms with Crippen LogP contribution in [-0.4, -0.2) is 35.3 Å². The summed E-state index contributed by atoms with van der Waals surface area (Å²) in [7, 11) is 1.64. The Morgan fingerprint density at radius 2 is 2.00 bits per heavy atom. The van der Waals surface area contributed by atoms with Crippen molar-refractivity contribution < 1.29 is 14.0 Å². The molecule has 134 valence electrons. The van der Waals surface area contributed by atoms with E-state index in [0.29, 0.717) is 24.0 Å². The summed E-state index contributed by atoms with van der Waals surface area (Å²) < 4.78 is 5.60. The zero-order valence-electron chi connectivity index (χ0n) is 15.4. The van der Waals surface area contributed by atoms with Crippen LogP contribution < -0.4 is 5.32 Å². The lowest BCUT2D eigenvalue weighted by Crippen LogP contribution is -2.37. The molecule has 0 unspecified atom stereocenters. The van der Waals surface area contributed by atoms with Crippen LogP contribution in [0.4, 0.5) is 5.69 Å². The Morgan fingerprint density at radius 3 is 2.60 bits per heavy atom. The zero-order chi connectivity index (χ0) is 18.6. The van der Waals surface area contributed by atoms with E-state index in [9.17, 15) is 9.59 Å². The van der Waals surface area contributed by atoms with Crippen molar-refractivity contribution in [2.75, 3.05) is 18.9 Å². The second kappa shape index (κ2) is 7.96. The highest BCUT2D eigenvalue weighted by atomic mass is 16.4. The van der Waals surface area contributed by atoms with E-state index < -0.39 is 11.8 Å². The number of carbonyl (C=O) groups excluding carboxylic acids is 2. The van der Waals surface area contributed by atoms with Crippen molar-refractivity contribution >= 4 is 17.5 Å². The Hall–Kier alpha value is -2.63. The Bertz CT molecular complexity index is 746. The lowest BCUT2D eigenvalue weighted by atomic mass is 10.1. The van der Waals surface area contributed by atoms with E-state index in [1.165, 1.54) is 4.90 Å². The average Bonchev–Trinajstić information content (AvgIpc) is 2.91. The fraction of sp³-hybridized carbons (Fsp3) is 0.421. The van der Waals surface area contributed by atoms with E-state index >= 15 is 0 Å². The number of carbonyl (C=O) groups is 2. The average molecular weight is 343 g/mol. The molecule has 0 aliphatic carbocycles. The van der Waals surface area contributed by atoms with Crippen molar-refractivity contribution in [2.24, 2.45) is 5.92 Å². The molecular weight excluding hydrogens is 318 g/mol.